The van der Waals surface area contributed by atoms with Crippen molar-refractivity contribution in [3.8, 4) is 51.0 Å². The molecular formula is C64H49N5. The van der Waals surface area contributed by atoms with Crippen molar-refractivity contribution in [1.82, 2.24) is 23.7 Å². The first-order chi connectivity index (χ1) is 34.2. The van der Waals surface area contributed by atoms with Crippen molar-refractivity contribution in [2.45, 2.75) is 39.0 Å². The van der Waals surface area contributed by atoms with Crippen molar-refractivity contribution in [3.63, 3.8) is 0 Å². The zero-order valence-corrected chi connectivity index (χ0v) is 38.6. The van der Waals surface area contributed by atoms with Crippen molar-refractivity contribution in [3.05, 3.63) is 224 Å². The molecule has 330 valence electrons. The Morgan fingerprint density at radius 3 is 1.29 bits per heavy atom. The van der Waals surface area contributed by atoms with E-state index in [-0.39, 0.29) is 0 Å². The number of aromatic nitrogens is 5. The van der Waals surface area contributed by atoms with Gasteiger partial charge < -0.3 is 13.7 Å². The number of aryl methyl sites for hydroxylation is 1. The van der Waals surface area contributed by atoms with Gasteiger partial charge in [-0.15, -0.1) is 0 Å². The fourth-order valence-electron chi connectivity index (χ4n) is 10.9. The van der Waals surface area contributed by atoms with Gasteiger partial charge in [0.1, 0.15) is 0 Å². The lowest BCUT2D eigenvalue weighted by atomic mass is 10.0. The first kappa shape index (κ1) is 40.7. The van der Waals surface area contributed by atoms with Gasteiger partial charge in [0.05, 0.1) is 44.5 Å². The fraction of sp³-hybridized carbons (Fsp3) is 0.0938. The van der Waals surface area contributed by atoms with Gasteiger partial charge in [0.25, 0.3) is 0 Å². The molecule has 5 heteroatoms. The van der Waals surface area contributed by atoms with E-state index in [0.717, 1.165) is 73.6 Å². The molecule has 0 N–H and O–H groups in total. The second-order valence-electron chi connectivity index (χ2n) is 18.4. The van der Waals surface area contributed by atoms with Crippen LogP contribution in [0.25, 0.3) is 116 Å². The van der Waals surface area contributed by atoms with Crippen LogP contribution >= 0.6 is 0 Å². The maximum Gasteiger partial charge on any atom is 0.160 e. The van der Waals surface area contributed by atoms with E-state index in [4.69, 9.17) is 9.97 Å². The average molecular weight is 888 g/mol. The molecule has 0 aliphatic carbocycles. The number of fused-ring (bicyclic) bond motifs is 9. The van der Waals surface area contributed by atoms with Gasteiger partial charge in [0.15, 0.2) is 5.82 Å². The molecule has 0 amide bonds. The Hall–Kier alpha value is -8.54. The fourth-order valence-corrected chi connectivity index (χ4v) is 10.9. The maximum absolute atomic E-state index is 5.42. The summed E-state index contributed by atoms with van der Waals surface area (Å²) in [6.07, 6.45) is 6.17. The Morgan fingerprint density at radius 2 is 0.768 bits per heavy atom. The zero-order valence-electron chi connectivity index (χ0n) is 38.6. The summed E-state index contributed by atoms with van der Waals surface area (Å²) in [5.74, 6) is 0.681. The summed E-state index contributed by atoms with van der Waals surface area (Å²) in [4.78, 5) is 10.7. The predicted molar refractivity (Wildman–Crippen MR) is 289 cm³/mol. The molecule has 0 saturated heterocycles. The van der Waals surface area contributed by atoms with Crippen LogP contribution in [-0.2, 0) is 6.42 Å². The Bertz CT molecular complexity index is 3820. The second kappa shape index (κ2) is 17.0. The molecule has 4 heterocycles. The zero-order chi connectivity index (χ0) is 45.8. The van der Waals surface area contributed by atoms with Crippen LogP contribution in [0.15, 0.2) is 218 Å². The SMILES string of the molecule is CCCCCCc1ccc2c(c1)c1ccccc1n2-c1ccc(-c2cc(-c3cc(-n4c5ccccc5c5ccccc54)cc(-n4c5ccccc5c5ccccc54)c3)nc(-c3ccccc3)n2)cc1. The number of nitrogens with zero attached hydrogens (tertiary/aromatic N) is 5. The van der Waals surface area contributed by atoms with E-state index < -0.39 is 0 Å². The highest BCUT2D eigenvalue weighted by Gasteiger charge is 2.20. The Labute approximate surface area is 401 Å². The molecule has 0 saturated carbocycles. The summed E-state index contributed by atoms with van der Waals surface area (Å²) in [6.45, 7) is 2.28. The summed E-state index contributed by atoms with van der Waals surface area (Å²) in [5.41, 5.74) is 16.4. The largest absolute Gasteiger partial charge is 0.309 e. The van der Waals surface area contributed by atoms with E-state index in [1.165, 1.54) is 74.6 Å². The molecule has 0 aliphatic rings. The van der Waals surface area contributed by atoms with Crippen LogP contribution < -0.4 is 0 Å². The lowest BCUT2D eigenvalue weighted by Crippen LogP contribution is -2.01. The van der Waals surface area contributed by atoms with E-state index in [1.807, 2.05) is 6.07 Å². The Morgan fingerprint density at radius 1 is 0.319 bits per heavy atom. The summed E-state index contributed by atoms with van der Waals surface area (Å²) in [5, 5.41) is 7.47. The van der Waals surface area contributed by atoms with E-state index in [9.17, 15) is 0 Å². The standard InChI is InChI=1S/C64H49N5/c1-2-3-4-6-19-43-32-37-63-55(38-43)54-26-13-18-31-62(54)67(63)47-35-33-44(34-36-47)56-42-57(66-64(65-56)45-20-7-5-8-21-45)46-39-48(68-58-27-14-9-22-50(58)51-23-10-15-28-59(51)68)41-49(40-46)69-60-29-16-11-24-52(60)53-25-12-17-30-61(53)69/h5,7-18,20-42H,2-4,6,19H2,1H3. The van der Waals surface area contributed by atoms with Crippen LogP contribution in [0, 0.1) is 0 Å². The minimum absolute atomic E-state index is 0.681. The van der Waals surface area contributed by atoms with Gasteiger partial charge in [-0.1, -0.05) is 166 Å². The summed E-state index contributed by atoms with van der Waals surface area (Å²) < 4.78 is 7.23. The van der Waals surface area contributed by atoms with Crippen LogP contribution in [0.4, 0.5) is 0 Å². The lowest BCUT2D eigenvalue weighted by Gasteiger charge is -2.16. The molecule has 9 aromatic carbocycles. The van der Waals surface area contributed by atoms with E-state index in [0.29, 0.717) is 5.82 Å². The van der Waals surface area contributed by atoms with E-state index in [2.05, 4.69) is 233 Å². The average Bonchev–Trinajstić information content (AvgIpc) is 4.06. The van der Waals surface area contributed by atoms with Crippen LogP contribution in [-0.4, -0.2) is 23.7 Å². The number of benzene rings is 9. The van der Waals surface area contributed by atoms with Crippen molar-refractivity contribution in [2.75, 3.05) is 0 Å². The van der Waals surface area contributed by atoms with Gasteiger partial charge in [0, 0.05) is 66.1 Å². The second-order valence-corrected chi connectivity index (χ2v) is 18.4. The third-order valence-corrected chi connectivity index (χ3v) is 14.1. The van der Waals surface area contributed by atoms with Gasteiger partial charge >= 0.3 is 0 Å². The van der Waals surface area contributed by atoms with Crippen LogP contribution in [0.3, 0.4) is 0 Å². The molecule has 5 nitrogen and oxygen atoms in total. The number of hydrogen-bond donors (Lipinski definition) is 0. The molecule has 13 rings (SSSR count). The molecule has 0 bridgehead atoms. The highest BCUT2D eigenvalue weighted by atomic mass is 15.0. The summed E-state index contributed by atoms with van der Waals surface area (Å²) >= 11 is 0. The molecule has 0 spiro atoms. The summed E-state index contributed by atoms with van der Waals surface area (Å²) in [6, 6.07) is 79.2. The van der Waals surface area contributed by atoms with E-state index in [1.54, 1.807) is 0 Å². The number of hydrogen-bond acceptors (Lipinski definition) is 2. The minimum atomic E-state index is 0.681. The predicted octanol–water partition coefficient (Wildman–Crippen LogP) is 16.9. The quantitative estimate of drug-likeness (QED) is 0.121. The maximum atomic E-state index is 5.42. The molecule has 69 heavy (non-hydrogen) atoms. The molecule has 0 fully saturated rings. The Kier molecular flexibility index (Phi) is 10.0. The van der Waals surface area contributed by atoms with Crippen LogP contribution in [0.5, 0.6) is 0 Å². The van der Waals surface area contributed by atoms with Crippen molar-refractivity contribution < 1.29 is 0 Å². The monoisotopic (exact) mass is 887 g/mol. The van der Waals surface area contributed by atoms with E-state index >= 15 is 0 Å². The smallest absolute Gasteiger partial charge is 0.160 e. The van der Waals surface area contributed by atoms with Crippen molar-refractivity contribution >= 4 is 65.4 Å². The summed E-state index contributed by atoms with van der Waals surface area (Å²) in [7, 11) is 0. The first-order valence-electron chi connectivity index (χ1n) is 24.4. The molecule has 0 radical (unpaired) electrons. The highest BCUT2D eigenvalue weighted by molar-refractivity contribution is 6.11. The number of para-hydroxylation sites is 5. The molecule has 0 aliphatic heterocycles. The first-order valence-corrected chi connectivity index (χ1v) is 24.4. The minimum Gasteiger partial charge on any atom is -0.309 e. The third-order valence-electron chi connectivity index (χ3n) is 14.1. The number of rotatable bonds is 11. The molecule has 13 aromatic rings. The van der Waals surface area contributed by atoms with Crippen molar-refractivity contribution in [2.24, 2.45) is 0 Å². The highest BCUT2D eigenvalue weighted by Crippen LogP contribution is 2.39. The molecule has 0 unspecified atom stereocenters. The van der Waals surface area contributed by atoms with Crippen molar-refractivity contribution in [1.29, 1.82) is 0 Å². The van der Waals surface area contributed by atoms with Crippen LogP contribution in [0.2, 0.25) is 0 Å². The Balaban J connectivity index is 0.993. The van der Waals surface area contributed by atoms with Gasteiger partial charge in [0.2, 0.25) is 0 Å². The van der Waals surface area contributed by atoms with Gasteiger partial charge in [-0.2, -0.15) is 0 Å². The van der Waals surface area contributed by atoms with Gasteiger partial charge in [-0.25, -0.2) is 9.97 Å². The topological polar surface area (TPSA) is 40.6 Å². The molecule has 0 atom stereocenters. The molecule has 4 aromatic heterocycles. The molecular weight excluding hydrogens is 839 g/mol. The normalized spacial score (nSPS) is 11.8. The third kappa shape index (κ3) is 7.00. The van der Waals surface area contributed by atoms with Gasteiger partial charge in [-0.3, -0.25) is 0 Å². The van der Waals surface area contributed by atoms with Crippen LogP contribution in [0.1, 0.15) is 38.2 Å². The van der Waals surface area contributed by atoms with Gasteiger partial charge in [-0.05, 0) is 97.3 Å². The lowest BCUT2D eigenvalue weighted by molar-refractivity contribution is 0.667. The number of unbranched alkanes of at least 4 members (excludes halogenated alkanes) is 3.